The number of hydrogen-bond acceptors (Lipinski definition) is 0. The van der Waals surface area contributed by atoms with E-state index >= 15 is 0 Å². The molecule has 67 heavy (non-hydrogen) atoms. The van der Waals surface area contributed by atoms with Gasteiger partial charge in [0.2, 0.25) is 0 Å². The molecule has 0 heterocycles. The molecule has 0 atom stereocenters. The van der Waals surface area contributed by atoms with Crippen LogP contribution in [-0.4, -0.2) is 0 Å². The highest BCUT2D eigenvalue weighted by molar-refractivity contribution is 5.87. The molecule has 0 nitrogen and oxygen atoms in total. The number of hydrogen-bond donors (Lipinski definition) is 0. The molecule has 0 amide bonds. The smallest absolute Gasteiger partial charge is 0.0683 e. The van der Waals surface area contributed by atoms with E-state index < -0.39 is 0 Å². The van der Waals surface area contributed by atoms with Gasteiger partial charge >= 0.3 is 0 Å². The fourth-order valence-corrected chi connectivity index (χ4v) is 9.87. The molecule has 0 N–H and O–H groups in total. The van der Waals surface area contributed by atoms with Gasteiger partial charge in [0.15, 0.2) is 0 Å². The van der Waals surface area contributed by atoms with Crippen molar-refractivity contribution in [1.82, 2.24) is 0 Å². The van der Waals surface area contributed by atoms with Crippen molar-refractivity contribution in [3.63, 3.8) is 0 Å². The van der Waals surface area contributed by atoms with Crippen LogP contribution >= 0.6 is 0 Å². The van der Waals surface area contributed by atoms with Crippen LogP contribution < -0.4 is 0 Å². The van der Waals surface area contributed by atoms with Crippen molar-refractivity contribution in [1.29, 1.82) is 0 Å². The SMILES string of the molecule is CC.CC.CC.CC.CC.CC.Cc1cc(C)cc(C2(c3ccccc3)c3ccccc3-c3ccccc32)c1.Cc1cc(C2(c3ccccc3)c3ccccc3-c3ccccc32)cc(C)c1C. The largest absolute Gasteiger partial charge is 0.0713 e. The highest BCUT2D eigenvalue weighted by Gasteiger charge is 2.47. The molecule has 0 saturated heterocycles. The summed E-state index contributed by atoms with van der Waals surface area (Å²) in [6.45, 7) is 35.1. The monoisotopic (exact) mass is 887 g/mol. The molecule has 8 aromatic rings. The van der Waals surface area contributed by atoms with E-state index in [0.29, 0.717) is 0 Å². The molecule has 0 radical (unpaired) electrons. The van der Waals surface area contributed by atoms with Crippen LogP contribution in [0.15, 0.2) is 188 Å². The van der Waals surface area contributed by atoms with Crippen LogP contribution in [0.25, 0.3) is 22.3 Å². The van der Waals surface area contributed by atoms with Crippen LogP contribution in [0.4, 0.5) is 0 Å². The molecule has 0 spiro atoms. The Labute approximate surface area is 409 Å². The summed E-state index contributed by atoms with van der Waals surface area (Å²) in [6.07, 6.45) is 0. The molecule has 8 aromatic carbocycles. The van der Waals surface area contributed by atoms with Crippen molar-refractivity contribution in [2.75, 3.05) is 0 Å². The Hall–Kier alpha value is -6.24. The Morgan fingerprint density at radius 2 is 0.478 bits per heavy atom. The van der Waals surface area contributed by atoms with Gasteiger partial charge < -0.3 is 0 Å². The van der Waals surface area contributed by atoms with Crippen LogP contribution in [-0.2, 0) is 10.8 Å². The highest BCUT2D eigenvalue weighted by Crippen LogP contribution is 2.57. The minimum atomic E-state index is -0.280. The molecule has 0 fully saturated rings. The maximum absolute atomic E-state index is 2.40. The van der Waals surface area contributed by atoms with Crippen molar-refractivity contribution in [2.24, 2.45) is 0 Å². The lowest BCUT2D eigenvalue weighted by Gasteiger charge is -2.34. The number of fused-ring (bicyclic) bond motifs is 6. The Kier molecular flexibility index (Phi) is 22.0. The third-order valence-corrected chi connectivity index (χ3v) is 12.3. The summed E-state index contributed by atoms with van der Waals surface area (Å²) in [5.41, 5.74) is 22.4. The quantitative estimate of drug-likeness (QED) is 0.165. The lowest BCUT2D eigenvalue weighted by Crippen LogP contribution is -2.29. The van der Waals surface area contributed by atoms with Gasteiger partial charge in [-0.05, 0) is 118 Å². The molecular weight excluding hydrogens is 805 g/mol. The van der Waals surface area contributed by atoms with E-state index in [1.54, 1.807) is 0 Å². The standard InChI is InChI=1S/C28H24.C27H22.6C2H6/c1-19-17-23(18-20(2)21(19)3)28(22-11-5-4-6-12-22)26-15-9-7-13-24(26)25-14-8-10-16-27(25)28;1-19-16-20(2)18-22(17-19)27(21-10-4-3-5-11-21)25-14-8-6-12-23(25)24-13-7-9-15-26(24)27;6*1-2/h4-18H,1-3H3;3-18H,1-2H3;6*1-2H3. The Bertz CT molecular complexity index is 2560. The topological polar surface area (TPSA) is 0 Å². The zero-order valence-corrected chi connectivity index (χ0v) is 44.4. The van der Waals surface area contributed by atoms with Gasteiger partial charge in [0, 0.05) is 0 Å². The van der Waals surface area contributed by atoms with Crippen molar-refractivity contribution in [3.8, 4) is 22.3 Å². The van der Waals surface area contributed by atoms with Gasteiger partial charge in [-0.25, -0.2) is 0 Å². The predicted molar refractivity (Wildman–Crippen MR) is 299 cm³/mol. The lowest BCUT2D eigenvalue weighted by atomic mass is 9.67. The van der Waals surface area contributed by atoms with Crippen LogP contribution in [0, 0.1) is 34.6 Å². The molecule has 0 bridgehead atoms. The molecular formula is C67H82. The van der Waals surface area contributed by atoms with E-state index in [1.165, 1.54) is 94.6 Å². The Balaban J connectivity index is 0.000000291. The van der Waals surface area contributed by atoms with E-state index in [0.717, 1.165) is 0 Å². The fourth-order valence-electron chi connectivity index (χ4n) is 9.87. The van der Waals surface area contributed by atoms with Gasteiger partial charge in [-0.3, -0.25) is 0 Å². The average Bonchev–Trinajstić information content (AvgIpc) is 3.88. The molecule has 0 aliphatic heterocycles. The third kappa shape index (κ3) is 10.5. The molecule has 0 heteroatoms. The first-order valence-electron chi connectivity index (χ1n) is 25.5. The molecule has 2 aliphatic carbocycles. The minimum Gasteiger partial charge on any atom is -0.0683 e. The van der Waals surface area contributed by atoms with Crippen LogP contribution in [0.1, 0.15) is 155 Å². The summed E-state index contributed by atoms with van der Waals surface area (Å²) < 4.78 is 0. The third-order valence-electron chi connectivity index (χ3n) is 12.3. The second kappa shape index (κ2) is 26.8. The maximum atomic E-state index is 2.40. The van der Waals surface area contributed by atoms with Gasteiger partial charge in [-0.15, -0.1) is 0 Å². The molecule has 2 aliphatic rings. The highest BCUT2D eigenvalue weighted by atomic mass is 14.5. The zero-order chi connectivity index (χ0) is 49.7. The predicted octanol–water partition coefficient (Wildman–Crippen LogP) is 19.8. The summed E-state index contributed by atoms with van der Waals surface area (Å²) in [5, 5.41) is 0. The number of benzene rings is 8. The summed E-state index contributed by atoms with van der Waals surface area (Å²) in [6, 6.07) is 69.3. The van der Waals surface area contributed by atoms with Crippen molar-refractivity contribution in [3.05, 3.63) is 260 Å². The second-order valence-corrected chi connectivity index (χ2v) is 15.5. The summed E-state index contributed by atoms with van der Waals surface area (Å²) >= 11 is 0. The fraction of sp³-hybridized carbons (Fsp3) is 0.284. The van der Waals surface area contributed by atoms with Crippen LogP contribution in [0.2, 0.25) is 0 Å². The van der Waals surface area contributed by atoms with Gasteiger partial charge in [-0.1, -0.05) is 282 Å². The molecule has 0 unspecified atom stereocenters. The van der Waals surface area contributed by atoms with E-state index in [4.69, 9.17) is 0 Å². The first kappa shape index (κ1) is 55.1. The van der Waals surface area contributed by atoms with E-state index in [9.17, 15) is 0 Å². The molecule has 10 rings (SSSR count). The molecule has 350 valence electrons. The molecule has 0 saturated carbocycles. The van der Waals surface area contributed by atoms with Gasteiger partial charge in [0.05, 0.1) is 10.8 Å². The molecule has 0 aromatic heterocycles. The lowest BCUT2D eigenvalue weighted by molar-refractivity contribution is 0.765. The Morgan fingerprint density at radius 3 is 0.761 bits per heavy atom. The normalized spacial score (nSPS) is 11.9. The van der Waals surface area contributed by atoms with Crippen molar-refractivity contribution in [2.45, 2.75) is 129 Å². The number of rotatable bonds is 4. The zero-order valence-electron chi connectivity index (χ0n) is 44.4. The first-order valence-corrected chi connectivity index (χ1v) is 25.5. The number of aryl methyl sites for hydroxylation is 4. The van der Waals surface area contributed by atoms with Crippen molar-refractivity contribution < 1.29 is 0 Å². The summed E-state index contributed by atoms with van der Waals surface area (Å²) in [7, 11) is 0. The Morgan fingerprint density at radius 1 is 0.239 bits per heavy atom. The minimum absolute atomic E-state index is 0.273. The van der Waals surface area contributed by atoms with E-state index in [-0.39, 0.29) is 10.8 Å². The summed E-state index contributed by atoms with van der Waals surface area (Å²) in [5.74, 6) is 0. The van der Waals surface area contributed by atoms with Crippen LogP contribution in [0.3, 0.4) is 0 Å². The van der Waals surface area contributed by atoms with Gasteiger partial charge in [0.1, 0.15) is 0 Å². The van der Waals surface area contributed by atoms with Gasteiger partial charge in [-0.2, -0.15) is 0 Å². The van der Waals surface area contributed by atoms with E-state index in [2.05, 4.69) is 223 Å². The average molecular weight is 887 g/mol. The summed E-state index contributed by atoms with van der Waals surface area (Å²) in [4.78, 5) is 0. The van der Waals surface area contributed by atoms with Crippen molar-refractivity contribution >= 4 is 0 Å². The maximum Gasteiger partial charge on any atom is 0.0713 e. The second-order valence-electron chi connectivity index (χ2n) is 15.5. The van der Waals surface area contributed by atoms with Crippen LogP contribution in [0.5, 0.6) is 0 Å². The van der Waals surface area contributed by atoms with Gasteiger partial charge in [0.25, 0.3) is 0 Å². The first-order chi connectivity index (χ1) is 32.8. The van der Waals surface area contributed by atoms with E-state index in [1.807, 2.05) is 83.1 Å².